The molecule has 0 unspecified atom stereocenters. The number of hydrogen-bond donors (Lipinski definition) is 1. The summed E-state index contributed by atoms with van der Waals surface area (Å²) >= 11 is 7.00. The number of Topliss-reactive ketones (excluding diaryl/α,β-unsaturated/α-hetero) is 1. The number of anilines is 1. The fourth-order valence-corrected chi connectivity index (χ4v) is 5.03. The molecule has 180 valence electrons. The highest BCUT2D eigenvalue weighted by Gasteiger charge is 2.49. The van der Waals surface area contributed by atoms with E-state index in [0.29, 0.717) is 5.75 Å². The maximum absolute atomic E-state index is 15.0. The van der Waals surface area contributed by atoms with E-state index in [9.17, 15) is 23.9 Å². The number of aliphatic hydroxyl groups excluding tert-OH is 1. The number of aromatic nitrogens is 1. The van der Waals surface area contributed by atoms with Crippen LogP contribution in [0.25, 0.3) is 5.76 Å². The smallest absolute Gasteiger partial charge is 0.350 e. The standard InChI is InChI=1S/C24H18ClFN2O6S/c1-11-21(23(32)34-3)35-24(27-11)28-18(13-6-4-5-7-15(13)26)17(20(30)22(28)31)19(29)12-8-9-16(33-2)14(25)10-12/h4-10,18,29H,1-3H3/b19-17+/t18-/m1/s1. The Morgan fingerprint density at radius 2 is 1.91 bits per heavy atom. The summed E-state index contributed by atoms with van der Waals surface area (Å²) in [6.07, 6.45) is 0. The van der Waals surface area contributed by atoms with Gasteiger partial charge in [0.2, 0.25) is 0 Å². The van der Waals surface area contributed by atoms with Gasteiger partial charge in [-0.05, 0) is 31.2 Å². The van der Waals surface area contributed by atoms with E-state index in [1.54, 1.807) is 6.92 Å². The third kappa shape index (κ3) is 4.15. The molecule has 8 nitrogen and oxygen atoms in total. The van der Waals surface area contributed by atoms with E-state index in [0.717, 1.165) is 16.2 Å². The molecule has 0 spiro atoms. The number of aryl methyl sites for hydroxylation is 1. The van der Waals surface area contributed by atoms with Gasteiger partial charge in [0.05, 0.1) is 30.5 Å². The number of rotatable bonds is 5. The number of esters is 1. The van der Waals surface area contributed by atoms with Crippen LogP contribution in [-0.4, -0.2) is 42.0 Å². The van der Waals surface area contributed by atoms with Crippen molar-refractivity contribution in [1.82, 2.24) is 4.98 Å². The van der Waals surface area contributed by atoms with Crippen molar-refractivity contribution in [3.63, 3.8) is 0 Å². The molecule has 0 radical (unpaired) electrons. The SMILES string of the molecule is COC(=O)c1sc(N2C(=O)C(=O)/C(=C(/O)c3ccc(OC)c(Cl)c3)[C@H]2c2ccccc2F)nc1C. The van der Waals surface area contributed by atoms with Crippen LogP contribution in [-0.2, 0) is 14.3 Å². The Bertz CT molecular complexity index is 1400. The second-order valence-electron chi connectivity index (χ2n) is 7.44. The molecule has 1 saturated heterocycles. The van der Waals surface area contributed by atoms with Crippen LogP contribution in [0.1, 0.15) is 32.5 Å². The molecule has 1 N–H and O–H groups in total. The number of benzene rings is 2. The molecule has 1 aliphatic heterocycles. The lowest BCUT2D eigenvalue weighted by Gasteiger charge is -2.23. The number of nitrogens with zero attached hydrogens (tertiary/aromatic N) is 2. The molecular weight excluding hydrogens is 499 g/mol. The summed E-state index contributed by atoms with van der Waals surface area (Å²) in [6.45, 7) is 1.54. The number of ether oxygens (including phenoxy) is 2. The highest BCUT2D eigenvalue weighted by atomic mass is 35.5. The third-order valence-electron chi connectivity index (χ3n) is 5.43. The molecule has 4 rings (SSSR count). The Balaban J connectivity index is 1.95. The zero-order chi connectivity index (χ0) is 25.4. The molecular formula is C24H18ClFN2O6S. The normalized spacial score (nSPS) is 17.1. The highest BCUT2D eigenvalue weighted by molar-refractivity contribution is 7.17. The summed E-state index contributed by atoms with van der Waals surface area (Å²) in [5.41, 5.74) is 0.00260. The predicted molar refractivity (Wildman–Crippen MR) is 127 cm³/mol. The minimum Gasteiger partial charge on any atom is -0.507 e. The van der Waals surface area contributed by atoms with E-state index in [-0.39, 0.29) is 37.4 Å². The molecule has 1 amide bonds. The molecule has 1 fully saturated rings. The first-order valence-corrected chi connectivity index (χ1v) is 11.3. The van der Waals surface area contributed by atoms with Crippen LogP contribution in [0.15, 0.2) is 48.0 Å². The van der Waals surface area contributed by atoms with Gasteiger partial charge in [0.1, 0.15) is 28.2 Å². The maximum atomic E-state index is 15.0. The largest absolute Gasteiger partial charge is 0.507 e. The number of carbonyl (C=O) groups is 3. The quantitative estimate of drug-likeness (QED) is 0.227. The first-order chi connectivity index (χ1) is 16.7. The van der Waals surface area contributed by atoms with Gasteiger partial charge in [-0.2, -0.15) is 0 Å². The first-order valence-electron chi connectivity index (χ1n) is 10.1. The molecule has 0 aliphatic carbocycles. The summed E-state index contributed by atoms with van der Waals surface area (Å²) in [5.74, 6) is -3.67. The van der Waals surface area contributed by atoms with Crippen LogP contribution in [0.3, 0.4) is 0 Å². The Morgan fingerprint density at radius 3 is 2.54 bits per heavy atom. The minimum atomic E-state index is -1.35. The lowest BCUT2D eigenvalue weighted by molar-refractivity contribution is -0.132. The minimum absolute atomic E-state index is 0.0231. The number of amides is 1. The van der Waals surface area contributed by atoms with E-state index in [2.05, 4.69) is 4.98 Å². The van der Waals surface area contributed by atoms with Gasteiger partial charge >= 0.3 is 11.9 Å². The number of halogens is 2. The van der Waals surface area contributed by atoms with Crippen molar-refractivity contribution in [2.75, 3.05) is 19.1 Å². The molecule has 2 aromatic carbocycles. The molecule has 0 bridgehead atoms. The first kappa shape index (κ1) is 24.4. The van der Waals surface area contributed by atoms with Crippen LogP contribution in [0.4, 0.5) is 9.52 Å². The number of aliphatic hydroxyl groups is 1. The fourth-order valence-electron chi connectivity index (χ4n) is 3.76. The third-order valence-corrected chi connectivity index (χ3v) is 6.86. The summed E-state index contributed by atoms with van der Waals surface area (Å²) in [5, 5.41) is 11.3. The number of thiazole rings is 1. The molecule has 2 heterocycles. The van der Waals surface area contributed by atoms with Gasteiger partial charge in [-0.15, -0.1) is 0 Å². The molecule has 0 saturated carbocycles. The van der Waals surface area contributed by atoms with E-state index in [4.69, 9.17) is 21.1 Å². The van der Waals surface area contributed by atoms with Gasteiger partial charge in [0.15, 0.2) is 5.13 Å². The molecule has 1 aromatic heterocycles. The second kappa shape index (κ2) is 9.47. The summed E-state index contributed by atoms with van der Waals surface area (Å²) in [6, 6.07) is 8.51. The molecule has 3 aromatic rings. The Kier molecular flexibility index (Phi) is 6.60. The molecule has 11 heteroatoms. The Hall–Kier alpha value is -3.76. The molecule has 1 aliphatic rings. The van der Waals surface area contributed by atoms with E-state index in [1.807, 2.05) is 0 Å². The van der Waals surface area contributed by atoms with Gasteiger partial charge in [-0.3, -0.25) is 14.5 Å². The Morgan fingerprint density at radius 1 is 1.20 bits per heavy atom. The van der Waals surface area contributed by atoms with Crippen molar-refractivity contribution in [2.45, 2.75) is 13.0 Å². The zero-order valence-electron chi connectivity index (χ0n) is 18.7. The molecule has 1 atom stereocenters. The molecule has 35 heavy (non-hydrogen) atoms. The van der Waals surface area contributed by atoms with Crippen molar-refractivity contribution in [2.24, 2.45) is 0 Å². The number of hydrogen-bond acceptors (Lipinski definition) is 8. The number of ketones is 1. The van der Waals surface area contributed by atoms with Crippen LogP contribution >= 0.6 is 22.9 Å². The van der Waals surface area contributed by atoms with Gasteiger partial charge < -0.3 is 14.6 Å². The van der Waals surface area contributed by atoms with Gasteiger partial charge in [-0.25, -0.2) is 14.2 Å². The van der Waals surface area contributed by atoms with Crippen molar-refractivity contribution in [1.29, 1.82) is 0 Å². The monoisotopic (exact) mass is 516 g/mol. The number of carbonyl (C=O) groups excluding carboxylic acids is 3. The summed E-state index contributed by atoms with van der Waals surface area (Å²) in [7, 11) is 2.62. The van der Waals surface area contributed by atoms with E-state index >= 15 is 0 Å². The fraction of sp³-hybridized carbons (Fsp3) is 0.167. The predicted octanol–water partition coefficient (Wildman–Crippen LogP) is 4.67. The lowest BCUT2D eigenvalue weighted by atomic mass is 9.95. The van der Waals surface area contributed by atoms with Crippen molar-refractivity contribution in [3.8, 4) is 5.75 Å². The van der Waals surface area contributed by atoms with Crippen LogP contribution < -0.4 is 9.64 Å². The number of methoxy groups -OCH3 is 2. The lowest BCUT2D eigenvalue weighted by Crippen LogP contribution is -2.29. The highest BCUT2D eigenvalue weighted by Crippen LogP contribution is 2.45. The van der Waals surface area contributed by atoms with E-state index < -0.39 is 35.3 Å². The van der Waals surface area contributed by atoms with Crippen LogP contribution in [0.5, 0.6) is 5.75 Å². The zero-order valence-corrected chi connectivity index (χ0v) is 20.2. The average Bonchev–Trinajstić information content (AvgIpc) is 3.35. The van der Waals surface area contributed by atoms with Crippen molar-refractivity contribution < 1.29 is 33.4 Å². The summed E-state index contributed by atoms with van der Waals surface area (Å²) < 4.78 is 24.8. The second-order valence-corrected chi connectivity index (χ2v) is 8.83. The topological polar surface area (TPSA) is 106 Å². The van der Waals surface area contributed by atoms with Crippen LogP contribution in [0, 0.1) is 12.7 Å². The Labute approximate surface area is 208 Å². The van der Waals surface area contributed by atoms with Gasteiger partial charge in [-0.1, -0.05) is 41.1 Å². The van der Waals surface area contributed by atoms with Crippen LogP contribution in [0.2, 0.25) is 5.02 Å². The summed E-state index contributed by atoms with van der Waals surface area (Å²) in [4.78, 5) is 43.8. The van der Waals surface area contributed by atoms with Crippen molar-refractivity contribution >= 4 is 51.5 Å². The van der Waals surface area contributed by atoms with E-state index in [1.165, 1.54) is 56.7 Å². The maximum Gasteiger partial charge on any atom is 0.350 e. The van der Waals surface area contributed by atoms with Gasteiger partial charge in [0.25, 0.3) is 5.78 Å². The average molecular weight is 517 g/mol. The van der Waals surface area contributed by atoms with Crippen molar-refractivity contribution in [3.05, 3.63) is 80.6 Å². The van der Waals surface area contributed by atoms with Gasteiger partial charge in [0, 0.05) is 11.1 Å².